The van der Waals surface area contributed by atoms with E-state index in [-0.39, 0.29) is 36.0 Å². The van der Waals surface area contributed by atoms with Gasteiger partial charge in [0.2, 0.25) is 5.91 Å². The van der Waals surface area contributed by atoms with Gasteiger partial charge in [-0.15, -0.1) is 0 Å². The lowest BCUT2D eigenvalue weighted by molar-refractivity contribution is -0.117. The number of carbonyl (C=O) groups excluding carboxylic acids is 1. The van der Waals surface area contributed by atoms with E-state index in [0.29, 0.717) is 6.42 Å². The lowest BCUT2D eigenvalue weighted by Crippen LogP contribution is -2.47. The zero-order valence-corrected chi connectivity index (χ0v) is 16.2. The minimum absolute atomic E-state index is 0.0414. The Bertz CT molecular complexity index is 943. The molecule has 0 spiro atoms. The van der Waals surface area contributed by atoms with Gasteiger partial charge in [-0.2, -0.15) is 0 Å². The van der Waals surface area contributed by atoms with Gasteiger partial charge in [0.1, 0.15) is 0 Å². The fourth-order valence-corrected chi connectivity index (χ4v) is 5.92. The molecule has 1 fully saturated rings. The van der Waals surface area contributed by atoms with Crippen LogP contribution >= 0.6 is 0 Å². The smallest absolute Gasteiger partial charge is 0.246 e. The van der Waals surface area contributed by atoms with Gasteiger partial charge >= 0.3 is 0 Å². The quantitative estimate of drug-likeness (QED) is 0.813. The van der Waals surface area contributed by atoms with Gasteiger partial charge in [-0.25, -0.2) is 8.42 Å². The molecule has 1 saturated heterocycles. The van der Waals surface area contributed by atoms with Crippen LogP contribution in [0.5, 0.6) is 0 Å². The summed E-state index contributed by atoms with van der Waals surface area (Å²) < 4.78 is 24.0. The van der Waals surface area contributed by atoms with Crippen molar-refractivity contribution in [1.29, 1.82) is 0 Å². The molecule has 2 aromatic rings. The van der Waals surface area contributed by atoms with E-state index in [2.05, 4.69) is 24.0 Å². The van der Waals surface area contributed by atoms with Crippen molar-refractivity contribution in [3.05, 3.63) is 60.2 Å². The number of hydrogen-bond donors (Lipinski definition) is 0. The summed E-state index contributed by atoms with van der Waals surface area (Å²) in [4.78, 5) is 17.2. The van der Waals surface area contributed by atoms with E-state index < -0.39 is 9.84 Å². The van der Waals surface area contributed by atoms with Gasteiger partial charge in [-0.05, 0) is 43.5 Å². The van der Waals surface area contributed by atoms with Crippen molar-refractivity contribution in [3.63, 3.8) is 0 Å². The Morgan fingerprint density at radius 3 is 2.52 bits per heavy atom. The van der Waals surface area contributed by atoms with Crippen LogP contribution in [0.1, 0.15) is 18.9 Å². The normalized spacial score (nSPS) is 23.2. The topological polar surface area (TPSA) is 57.7 Å². The second kappa shape index (κ2) is 7.00. The van der Waals surface area contributed by atoms with Crippen LogP contribution in [0.25, 0.3) is 0 Å². The predicted octanol–water partition coefficient (Wildman–Crippen LogP) is 2.66. The fourth-order valence-electron chi connectivity index (χ4n) is 4.22. The van der Waals surface area contributed by atoms with Crippen molar-refractivity contribution in [1.82, 2.24) is 0 Å². The van der Waals surface area contributed by atoms with E-state index in [1.807, 2.05) is 42.5 Å². The summed E-state index contributed by atoms with van der Waals surface area (Å²) in [5.74, 6) is 0.142. The predicted molar refractivity (Wildman–Crippen MR) is 108 cm³/mol. The molecule has 6 heteroatoms. The largest absolute Gasteiger partial charge is 0.359 e. The third-order valence-corrected chi connectivity index (χ3v) is 7.28. The molecule has 0 bridgehead atoms. The van der Waals surface area contributed by atoms with Crippen LogP contribution in [0.4, 0.5) is 11.4 Å². The average molecular weight is 385 g/mol. The number of nitrogens with zero attached hydrogens (tertiary/aromatic N) is 2. The zero-order chi connectivity index (χ0) is 19.0. The van der Waals surface area contributed by atoms with E-state index in [1.54, 1.807) is 4.90 Å². The Balaban J connectivity index is 1.62. The average Bonchev–Trinajstić information content (AvgIpc) is 3.15. The van der Waals surface area contributed by atoms with Crippen molar-refractivity contribution < 1.29 is 13.2 Å². The van der Waals surface area contributed by atoms with Gasteiger partial charge in [0.05, 0.1) is 24.1 Å². The van der Waals surface area contributed by atoms with E-state index in [9.17, 15) is 13.2 Å². The number of sulfone groups is 1. The summed E-state index contributed by atoms with van der Waals surface area (Å²) in [6.07, 6.45) is 1.42. The Labute approximate surface area is 160 Å². The molecule has 0 saturated carbocycles. The van der Waals surface area contributed by atoms with Crippen molar-refractivity contribution in [2.45, 2.75) is 31.8 Å². The standard InChI is InChI=1S/C21H24N2O3S/c1-16-13-17-7-5-6-10-20(17)22(16)14-21(24)23(18-8-3-2-4-9-18)19-11-12-27(25,26)15-19/h2-10,16,19H,11-15H2,1H3/t16-,19+/m1/s1. The molecule has 0 aliphatic carbocycles. The van der Waals surface area contributed by atoms with Crippen molar-refractivity contribution in [2.24, 2.45) is 0 Å². The fraction of sp³-hybridized carbons (Fsp3) is 0.381. The van der Waals surface area contributed by atoms with E-state index >= 15 is 0 Å². The summed E-state index contributed by atoms with van der Waals surface area (Å²) in [5, 5.41) is 0. The molecule has 4 rings (SSSR count). The maximum absolute atomic E-state index is 13.3. The molecule has 1 amide bonds. The molecule has 142 valence electrons. The maximum atomic E-state index is 13.3. The Kier molecular flexibility index (Phi) is 4.68. The van der Waals surface area contributed by atoms with Crippen molar-refractivity contribution in [2.75, 3.05) is 27.9 Å². The highest BCUT2D eigenvalue weighted by atomic mass is 32.2. The van der Waals surface area contributed by atoms with E-state index in [0.717, 1.165) is 17.8 Å². The molecule has 2 atom stereocenters. The van der Waals surface area contributed by atoms with Crippen LogP contribution in [0, 0.1) is 0 Å². The van der Waals surface area contributed by atoms with Crippen molar-refractivity contribution in [3.8, 4) is 0 Å². The number of fused-ring (bicyclic) bond motifs is 1. The first-order valence-electron chi connectivity index (χ1n) is 9.37. The van der Waals surface area contributed by atoms with Crippen molar-refractivity contribution >= 4 is 27.1 Å². The number of rotatable bonds is 4. The Hall–Kier alpha value is -2.34. The van der Waals surface area contributed by atoms with Crippen LogP contribution in [-0.4, -0.2) is 44.5 Å². The van der Waals surface area contributed by atoms with Gasteiger partial charge in [0.15, 0.2) is 9.84 Å². The van der Waals surface area contributed by atoms with Crippen LogP contribution < -0.4 is 9.80 Å². The van der Waals surface area contributed by atoms with Crippen LogP contribution in [0.3, 0.4) is 0 Å². The van der Waals surface area contributed by atoms with Gasteiger partial charge < -0.3 is 9.80 Å². The SMILES string of the molecule is C[C@@H]1Cc2ccccc2N1CC(=O)N(c1ccccc1)[C@H]1CCS(=O)(=O)C1. The monoisotopic (exact) mass is 384 g/mol. The lowest BCUT2D eigenvalue weighted by atomic mass is 10.1. The minimum Gasteiger partial charge on any atom is -0.359 e. The van der Waals surface area contributed by atoms with Crippen LogP contribution in [-0.2, 0) is 21.1 Å². The number of carbonyl (C=O) groups is 1. The first-order valence-corrected chi connectivity index (χ1v) is 11.2. The number of amides is 1. The molecule has 0 radical (unpaired) electrons. The van der Waals surface area contributed by atoms with E-state index in [1.165, 1.54) is 5.56 Å². The Morgan fingerprint density at radius 2 is 1.81 bits per heavy atom. The molecular weight excluding hydrogens is 360 g/mol. The number of hydrogen-bond acceptors (Lipinski definition) is 4. The first kappa shape index (κ1) is 18.0. The molecule has 2 aliphatic rings. The van der Waals surface area contributed by atoms with Gasteiger partial charge in [0, 0.05) is 17.4 Å². The maximum Gasteiger partial charge on any atom is 0.246 e. The highest BCUT2D eigenvalue weighted by Gasteiger charge is 2.37. The summed E-state index contributed by atoms with van der Waals surface area (Å²) in [6, 6.07) is 17.6. The van der Waals surface area contributed by atoms with Crippen LogP contribution in [0.2, 0.25) is 0 Å². The molecule has 0 unspecified atom stereocenters. The third kappa shape index (κ3) is 3.58. The number of para-hydroxylation sites is 2. The minimum atomic E-state index is -3.08. The van der Waals surface area contributed by atoms with Gasteiger partial charge in [-0.3, -0.25) is 4.79 Å². The second-order valence-electron chi connectivity index (χ2n) is 7.47. The summed E-state index contributed by atoms with van der Waals surface area (Å²) in [5.41, 5.74) is 3.13. The van der Waals surface area contributed by atoms with Gasteiger partial charge in [0.25, 0.3) is 0 Å². The molecule has 2 aromatic carbocycles. The zero-order valence-electron chi connectivity index (χ0n) is 15.4. The lowest BCUT2D eigenvalue weighted by Gasteiger charge is -2.32. The van der Waals surface area contributed by atoms with Gasteiger partial charge in [-0.1, -0.05) is 36.4 Å². The molecular formula is C21H24N2O3S. The molecule has 0 N–H and O–H groups in total. The molecule has 27 heavy (non-hydrogen) atoms. The molecule has 5 nitrogen and oxygen atoms in total. The number of anilines is 2. The second-order valence-corrected chi connectivity index (χ2v) is 9.69. The molecule has 2 aliphatic heterocycles. The highest BCUT2D eigenvalue weighted by Crippen LogP contribution is 2.32. The molecule has 2 heterocycles. The summed E-state index contributed by atoms with van der Waals surface area (Å²) >= 11 is 0. The third-order valence-electron chi connectivity index (χ3n) is 5.53. The van der Waals surface area contributed by atoms with E-state index in [4.69, 9.17) is 0 Å². The first-order chi connectivity index (χ1) is 12.9. The number of benzene rings is 2. The summed E-state index contributed by atoms with van der Waals surface area (Å²) in [6.45, 7) is 2.38. The Morgan fingerprint density at radius 1 is 1.11 bits per heavy atom. The summed E-state index contributed by atoms with van der Waals surface area (Å²) in [7, 11) is -3.08. The molecule has 0 aromatic heterocycles. The van der Waals surface area contributed by atoms with Crippen LogP contribution in [0.15, 0.2) is 54.6 Å². The highest BCUT2D eigenvalue weighted by molar-refractivity contribution is 7.91.